The van der Waals surface area contributed by atoms with E-state index in [1.54, 1.807) is 48.5 Å². The quantitative estimate of drug-likeness (QED) is 0.343. The Morgan fingerprint density at radius 2 is 1.67 bits per heavy atom. The summed E-state index contributed by atoms with van der Waals surface area (Å²) in [6, 6.07) is 13.4. The van der Waals surface area contributed by atoms with Crippen molar-refractivity contribution in [1.82, 2.24) is 5.43 Å². The molecule has 7 heteroatoms. The van der Waals surface area contributed by atoms with Crippen LogP contribution in [0.2, 0.25) is 0 Å². The monoisotopic (exact) mass is 343 g/mol. The highest BCUT2D eigenvalue weighted by atomic mass is 32.1. The van der Waals surface area contributed by atoms with Crippen LogP contribution in [0.3, 0.4) is 0 Å². The Labute approximate surface area is 145 Å². The maximum Gasteiger partial charge on any atom is 0.337 e. The fraction of sp³-hybridized carbons (Fsp3) is 0.118. The Kier molecular flexibility index (Phi) is 5.86. The summed E-state index contributed by atoms with van der Waals surface area (Å²) in [6.07, 6.45) is 0. The van der Waals surface area contributed by atoms with Gasteiger partial charge in [0.15, 0.2) is 5.11 Å². The highest BCUT2D eigenvalue weighted by Gasteiger charge is 2.05. The molecule has 0 unspecified atom stereocenters. The number of anilines is 1. The molecule has 0 atom stereocenters. The van der Waals surface area contributed by atoms with Crippen LogP contribution in [0, 0.1) is 0 Å². The van der Waals surface area contributed by atoms with Gasteiger partial charge < -0.3 is 15.2 Å². The Balaban J connectivity index is 1.94. The number of hydrogen-bond donors (Lipinski definition) is 3. The molecule has 3 N–H and O–H groups in total. The van der Waals surface area contributed by atoms with Crippen molar-refractivity contribution in [2.24, 2.45) is 5.10 Å². The van der Waals surface area contributed by atoms with Crippen molar-refractivity contribution in [3.8, 4) is 5.75 Å². The van der Waals surface area contributed by atoms with Crippen LogP contribution >= 0.6 is 12.2 Å². The van der Waals surface area contributed by atoms with Gasteiger partial charge in [-0.2, -0.15) is 5.10 Å². The van der Waals surface area contributed by atoms with Gasteiger partial charge in [0.2, 0.25) is 0 Å². The van der Waals surface area contributed by atoms with Crippen molar-refractivity contribution in [1.29, 1.82) is 0 Å². The zero-order valence-electron chi connectivity index (χ0n) is 13.2. The standard InChI is InChI=1S/C17H17N3O3S/c1-11(12-5-9-15(21)10-6-12)19-20-17(24)18-14-7-3-13(4-8-14)16(22)23-2/h3-10,21H,1-2H3,(H2,18,20,24)/b19-11-. The normalized spacial score (nSPS) is 10.8. The second-order valence-corrected chi connectivity index (χ2v) is 5.29. The lowest BCUT2D eigenvalue weighted by atomic mass is 10.1. The molecule has 0 saturated carbocycles. The van der Waals surface area contributed by atoms with Gasteiger partial charge in [0.05, 0.1) is 18.4 Å². The minimum absolute atomic E-state index is 0.201. The summed E-state index contributed by atoms with van der Waals surface area (Å²) in [7, 11) is 1.34. The van der Waals surface area contributed by atoms with Crippen molar-refractivity contribution in [2.45, 2.75) is 6.92 Å². The number of nitrogens with one attached hydrogen (secondary N) is 2. The van der Waals surface area contributed by atoms with Crippen LogP contribution in [0.4, 0.5) is 5.69 Å². The summed E-state index contributed by atoms with van der Waals surface area (Å²) in [5.41, 5.74) is 5.52. The fourth-order valence-electron chi connectivity index (χ4n) is 1.87. The molecule has 124 valence electrons. The number of rotatable bonds is 4. The molecule has 0 aliphatic carbocycles. The molecule has 6 nitrogen and oxygen atoms in total. The van der Waals surface area contributed by atoms with Crippen LogP contribution < -0.4 is 10.7 Å². The van der Waals surface area contributed by atoms with Gasteiger partial charge in [-0.1, -0.05) is 0 Å². The lowest BCUT2D eigenvalue weighted by Gasteiger charge is -2.08. The van der Waals surface area contributed by atoms with Crippen LogP contribution in [0.25, 0.3) is 0 Å². The lowest BCUT2D eigenvalue weighted by molar-refractivity contribution is 0.0601. The van der Waals surface area contributed by atoms with Crippen LogP contribution in [0.5, 0.6) is 5.75 Å². The molecule has 2 rings (SSSR count). The third-order valence-corrected chi connectivity index (χ3v) is 3.37. The molecular formula is C17H17N3O3S. The fourth-order valence-corrected chi connectivity index (χ4v) is 2.03. The van der Waals surface area contributed by atoms with Crippen LogP contribution in [-0.4, -0.2) is 29.0 Å². The van der Waals surface area contributed by atoms with E-state index in [0.29, 0.717) is 10.7 Å². The minimum Gasteiger partial charge on any atom is -0.508 e. The summed E-state index contributed by atoms with van der Waals surface area (Å²) in [5, 5.41) is 16.7. The van der Waals surface area contributed by atoms with Gasteiger partial charge in [0.1, 0.15) is 5.75 Å². The molecule has 0 saturated heterocycles. The topological polar surface area (TPSA) is 83.0 Å². The van der Waals surface area contributed by atoms with Crippen molar-refractivity contribution in [3.63, 3.8) is 0 Å². The maximum absolute atomic E-state index is 11.4. The zero-order valence-corrected chi connectivity index (χ0v) is 14.1. The largest absolute Gasteiger partial charge is 0.508 e. The molecule has 2 aromatic rings. The van der Waals surface area contributed by atoms with E-state index in [-0.39, 0.29) is 5.75 Å². The number of hydrazone groups is 1. The zero-order chi connectivity index (χ0) is 17.5. The molecule has 0 fully saturated rings. The van der Waals surface area contributed by atoms with E-state index in [2.05, 4.69) is 20.6 Å². The van der Waals surface area contributed by atoms with Gasteiger partial charge >= 0.3 is 5.97 Å². The first-order valence-electron chi connectivity index (χ1n) is 7.08. The Bertz CT molecular complexity index is 756. The van der Waals surface area contributed by atoms with Gasteiger partial charge in [-0.05, 0) is 73.2 Å². The Hall–Kier alpha value is -2.93. The number of methoxy groups -OCH3 is 1. The molecule has 0 spiro atoms. The second-order valence-electron chi connectivity index (χ2n) is 4.88. The van der Waals surface area contributed by atoms with E-state index in [1.165, 1.54) is 7.11 Å². The summed E-state index contributed by atoms with van der Waals surface area (Å²) >= 11 is 5.17. The molecule has 0 aliphatic rings. The van der Waals surface area contributed by atoms with Crippen molar-refractivity contribution >= 4 is 34.7 Å². The van der Waals surface area contributed by atoms with Gasteiger partial charge in [0.25, 0.3) is 0 Å². The highest BCUT2D eigenvalue weighted by Crippen LogP contribution is 2.11. The predicted octanol–water partition coefficient (Wildman–Crippen LogP) is 2.89. The summed E-state index contributed by atoms with van der Waals surface area (Å²) in [4.78, 5) is 11.4. The molecule has 0 radical (unpaired) electrons. The molecule has 0 aromatic heterocycles. The summed E-state index contributed by atoms with van der Waals surface area (Å²) < 4.78 is 4.64. The van der Waals surface area contributed by atoms with Gasteiger partial charge in [-0.3, -0.25) is 5.43 Å². The Morgan fingerprint density at radius 3 is 2.25 bits per heavy atom. The first-order chi connectivity index (χ1) is 11.5. The van der Waals surface area contributed by atoms with Crippen LogP contribution in [0.1, 0.15) is 22.8 Å². The molecule has 24 heavy (non-hydrogen) atoms. The van der Waals surface area contributed by atoms with E-state index in [4.69, 9.17) is 12.2 Å². The van der Waals surface area contributed by atoms with Gasteiger partial charge in [-0.25, -0.2) is 4.79 Å². The van der Waals surface area contributed by atoms with Crippen molar-refractivity contribution < 1.29 is 14.6 Å². The SMILES string of the molecule is COC(=O)c1ccc(NC(=S)N/N=C(/C)c2ccc(O)cc2)cc1. The second kappa shape index (κ2) is 8.07. The number of thiocarbonyl (C=S) groups is 1. The minimum atomic E-state index is -0.392. The number of nitrogens with zero attached hydrogens (tertiary/aromatic N) is 1. The van der Waals surface area contributed by atoms with E-state index >= 15 is 0 Å². The highest BCUT2D eigenvalue weighted by molar-refractivity contribution is 7.80. The van der Waals surface area contributed by atoms with Crippen LogP contribution in [-0.2, 0) is 4.74 Å². The van der Waals surface area contributed by atoms with E-state index in [0.717, 1.165) is 17.0 Å². The van der Waals surface area contributed by atoms with E-state index in [9.17, 15) is 9.90 Å². The summed E-state index contributed by atoms with van der Waals surface area (Å²) in [6.45, 7) is 1.83. The number of ether oxygens (including phenoxy) is 1. The number of benzene rings is 2. The van der Waals surface area contributed by atoms with Crippen molar-refractivity contribution in [3.05, 3.63) is 59.7 Å². The predicted molar refractivity (Wildman–Crippen MR) is 97.5 cm³/mol. The number of phenols is 1. The smallest absolute Gasteiger partial charge is 0.337 e. The molecule has 0 heterocycles. The van der Waals surface area contributed by atoms with E-state index in [1.807, 2.05) is 6.92 Å². The maximum atomic E-state index is 11.4. The van der Waals surface area contributed by atoms with Crippen LogP contribution in [0.15, 0.2) is 53.6 Å². The average Bonchev–Trinajstić information content (AvgIpc) is 2.60. The number of hydrogen-bond acceptors (Lipinski definition) is 5. The third-order valence-electron chi connectivity index (χ3n) is 3.17. The molecule has 2 aromatic carbocycles. The van der Waals surface area contributed by atoms with E-state index < -0.39 is 5.97 Å². The Morgan fingerprint density at radius 1 is 1.08 bits per heavy atom. The number of carbonyl (C=O) groups excluding carboxylic acids is 1. The molecule has 0 amide bonds. The first-order valence-corrected chi connectivity index (χ1v) is 7.49. The number of aromatic hydroxyl groups is 1. The molecule has 0 bridgehead atoms. The molecular weight excluding hydrogens is 326 g/mol. The third kappa shape index (κ3) is 4.79. The average molecular weight is 343 g/mol. The first kappa shape index (κ1) is 17.4. The number of phenolic OH excluding ortho intramolecular Hbond substituents is 1. The van der Waals surface area contributed by atoms with Gasteiger partial charge in [-0.15, -0.1) is 0 Å². The number of esters is 1. The lowest BCUT2D eigenvalue weighted by Crippen LogP contribution is -2.25. The van der Waals surface area contributed by atoms with Crippen molar-refractivity contribution in [2.75, 3.05) is 12.4 Å². The number of carbonyl (C=O) groups is 1. The van der Waals surface area contributed by atoms with Gasteiger partial charge in [0, 0.05) is 5.69 Å². The summed E-state index contributed by atoms with van der Waals surface area (Å²) in [5.74, 6) is -0.191. The molecule has 0 aliphatic heterocycles.